The van der Waals surface area contributed by atoms with Crippen LogP contribution in [0.3, 0.4) is 0 Å². The Morgan fingerprint density at radius 3 is 2.67 bits per heavy atom. The van der Waals surface area contributed by atoms with Crippen LogP contribution in [0.2, 0.25) is 0 Å². The van der Waals surface area contributed by atoms with Gasteiger partial charge in [-0.05, 0) is 26.0 Å². The Kier molecular flexibility index (Phi) is 5.57. The fraction of sp³-hybridized carbons (Fsp3) is 0.308. The number of hydrogen-bond acceptors (Lipinski definition) is 5. The summed E-state index contributed by atoms with van der Waals surface area (Å²) in [6.07, 6.45) is 5.72. The van der Waals surface area contributed by atoms with Crippen LogP contribution in [-0.4, -0.2) is 30.1 Å². The van der Waals surface area contributed by atoms with Crippen molar-refractivity contribution in [3.8, 4) is 0 Å². The molecule has 0 atom stereocenters. The largest absolute Gasteiger partial charge is 0.463 e. The Bertz CT molecular complexity index is 454. The molecule has 5 heteroatoms. The molecular formula is C13H15NO4. The molecule has 0 amide bonds. The Hall–Kier alpha value is -2.17. The maximum atomic E-state index is 11.6. The van der Waals surface area contributed by atoms with Gasteiger partial charge in [0, 0.05) is 24.0 Å². The standard InChI is InChI=1S/C13H15NO4/c1-3-17-12(15)6-5-10-9-14-8-7-11(10)13(16)18-4-2/h5-9H,3-4H2,1-2H3/b6-5-. The summed E-state index contributed by atoms with van der Waals surface area (Å²) in [5.74, 6) is -0.903. The first-order chi connectivity index (χ1) is 8.69. The van der Waals surface area contributed by atoms with Crippen LogP contribution >= 0.6 is 0 Å². The van der Waals surface area contributed by atoms with Gasteiger partial charge in [0.15, 0.2) is 0 Å². The Morgan fingerprint density at radius 1 is 1.28 bits per heavy atom. The minimum atomic E-state index is -0.462. The Balaban J connectivity index is 2.88. The summed E-state index contributed by atoms with van der Waals surface area (Å²) in [5, 5.41) is 0. The van der Waals surface area contributed by atoms with Crippen molar-refractivity contribution in [1.29, 1.82) is 0 Å². The highest BCUT2D eigenvalue weighted by Gasteiger charge is 2.10. The number of ether oxygens (including phenoxy) is 2. The third kappa shape index (κ3) is 4.01. The van der Waals surface area contributed by atoms with Gasteiger partial charge in [-0.25, -0.2) is 9.59 Å². The SMILES string of the molecule is CCOC(=O)/C=C\c1cnccc1C(=O)OCC. The van der Waals surface area contributed by atoms with Gasteiger partial charge in [0.25, 0.3) is 0 Å². The fourth-order valence-corrected chi connectivity index (χ4v) is 1.28. The van der Waals surface area contributed by atoms with Crippen LogP contribution in [0, 0.1) is 0 Å². The molecule has 18 heavy (non-hydrogen) atoms. The molecule has 0 aliphatic heterocycles. The second-order valence-electron chi connectivity index (χ2n) is 3.27. The number of carbonyl (C=O) groups excluding carboxylic acids is 2. The van der Waals surface area contributed by atoms with E-state index in [4.69, 9.17) is 9.47 Å². The van der Waals surface area contributed by atoms with Crippen molar-refractivity contribution in [3.63, 3.8) is 0 Å². The normalized spacial score (nSPS) is 10.3. The lowest BCUT2D eigenvalue weighted by molar-refractivity contribution is -0.137. The molecule has 0 bridgehead atoms. The van der Waals surface area contributed by atoms with Gasteiger partial charge in [0.2, 0.25) is 0 Å². The summed E-state index contributed by atoms with van der Waals surface area (Å²) >= 11 is 0. The molecule has 0 aliphatic rings. The van der Waals surface area contributed by atoms with E-state index in [2.05, 4.69) is 4.98 Å². The highest BCUT2D eigenvalue weighted by Crippen LogP contribution is 2.10. The van der Waals surface area contributed by atoms with E-state index < -0.39 is 11.9 Å². The maximum Gasteiger partial charge on any atom is 0.338 e. The van der Waals surface area contributed by atoms with Crippen LogP contribution in [0.25, 0.3) is 6.08 Å². The highest BCUT2D eigenvalue weighted by molar-refractivity contribution is 5.95. The Labute approximate surface area is 105 Å². The van der Waals surface area contributed by atoms with Gasteiger partial charge in [-0.15, -0.1) is 0 Å². The highest BCUT2D eigenvalue weighted by atomic mass is 16.5. The van der Waals surface area contributed by atoms with Crippen LogP contribution in [0.15, 0.2) is 24.5 Å². The van der Waals surface area contributed by atoms with Gasteiger partial charge in [-0.3, -0.25) is 4.98 Å². The average molecular weight is 249 g/mol. The molecule has 96 valence electrons. The van der Waals surface area contributed by atoms with Crippen LogP contribution in [-0.2, 0) is 14.3 Å². The van der Waals surface area contributed by atoms with Crippen molar-refractivity contribution in [1.82, 2.24) is 4.98 Å². The zero-order valence-corrected chi connectivity index (χ0v) is 10.4. The maximum absolute atomic E-state index is 11.6. The van der Waals surface area contributed by atoms with E-state index in [0.29, 0.717) is 24.3 Å². The van der Waals surface area contributed by atoms with Gasteiger partial charge in [-0.2, -0.15) is 0 Å². The van der Waals surface area contributed by atoms with Crippen LogP contribution < -0.4 is 0 Å². The van der Waals surface area contributed by atoms with Crippen LogP contribution in [0.1, 0.15) is 29.8 Å². The van der Waals surface area contributed by atoms with Crippen molar-refractivity contribution in [2.45, 2.75) is 13.8 Å². The first kappa shape index (κ1) is 13.9. The lowest BCUT2D eigenvalue weighted by atomic mass is 10.1. The monoisotopic (exact) mass is 249 g/mol. The van der Waals surface area contributed by atoms with E-state index >= 15 is 0 Å². The van der Waals surface area contributed by atoms with E-state index in [1.165, 1.54) is 24.5 Å². The van der Waals surface area contributed by atoms with Crippen molar-refractivity contribution in [2.75, 3.05) is 13.2 Å². The quantitative estimate of drug-likeness (QED) is 0.588. The molecule has 0 aliphatic carbocycles. The molecule has 0 fully saturated rings. The first-order valence-electron chi connectivity index (χ1n) is 5.65. The smallest absolute Gasteiger partial charge is 0.338 e. The lowest BCUT2D eigenvalue weighted by Crippen LogP contribution is -2.07. The second-order valence-corrected chi connectivity index (χ2v) is 3.27. The average Bonchev–Trinajstić information content (AvgIpc) is 2.37. The predicted octanol–water partition coefficient (Wildman–Crippen LogP) is 1.83. The third-order valence-corrected chi connectivity index (χ3v) is 2.03. The fourth-order valence-electron chi connectivity index (χ4n) is 1.28. The number of hydrogen-bond donors (Lipinski definition) is 0. The number of nitrogens with zero attached hydrogens (tertiary/aromatic N) is 1. The summed E-state index contributed by atoms with van der Waals surface area (Å²) in [4.78, 5) is 26.7. The first-order valence-corrected chi connectivity index (χ1v) is 5.65. The van der Waals surface area contributed by atoms with Crippen molar-refractivity contribution >= 4 is 18.0 Å². The molecule has 1 heterocycles. The number of rotatable bonds is 5. The number of esters is 2. The molecule has 1 aromatic rings. The van der Waals surface area contributed by atoms with E-state index in [0.717, 1.165) is 0 Å². The lowest BCUT2D eigenvalue weighted by Gasteiger charge is -2.04. The van der Waals surface area contributed by atoms with Gasteiger partial charge < -0.3 is 9.47 Å². The van der Waals surface area contributed by atoms with Crippen LogP contribution in [0.5, 0.6) is 0 Å². The van der Waals surface area contributed by atoms with E-state index in [1.54, 1.807) is 19.9 Å². The summed E-state index contributed by atoms with van der Waals surface area (Å²) in [6.45, 7) is 4.05. The molecule has 0 saturated heterocycles. The molecule has 1 aromatic heterocycles. The number of carbonyl (C=O) groups is 2. The zero-order valence-electron chi connectivity index (χ0n) is 10.4. The number of pyridine rings is 1. The molecule has 0 saturated carbocycles. The third-order valence-electron chi connectivity index (χ3n) is 2.03. The van der Waals surface area contributed by atoms with Gasteiger partial charge in [-0.1, -0.05) is 0 Å². The zero-order chi connectivity index (χ0) is 13.4. The summed E-state index contributed by atoms with van der Waals surface area (Å²) in [7, 11) is 0. The summed E-state index contributed by atoms with van der Waals surface area (Å²) in [6, 6.07) is 1.54. The van der Waals surface area contributed by atoms with E-state index in [-0.39, 0.29) is 0 Å². The second kappa shape index (κ2) is 7.21. The van der Waals surface area contributed by atoms with E-state index in [1.807, 2.05) is 0 Å². The minimum Gasteiger partial charge on any atom is -0.463 e. The van der Waals surface area contributed by atoms with Crippen LogP contribution in [0.4, 0.5) is 0 Å². The van der Waals surface area contributed by atoms with Crippen molar-refractivity contribution in [2.24, 2.45) is 0 Å². The van der Waals surface area contributed by atoms with Gasteiger partial charge in [0.1, 0.15) is 0 Å². The molecule has 0 N–H and O–H groups in total. The molecule has 0 unspecified atom stereocenters. The summed E-state index contributed by atoms with van der Waals surface area (Å²) < 4.78 is 9.66. The van der Waals surface area contributed by atoms with E-state index in [9.17, 15) is 9.59 Å². The predicted molar refractivity (Wildman–Crippen MR) is 65.9 cm³/mol. The number of aromatic nitrogens is 1. The molecule has 0 spiro atoms. The molecule has 1 rings (SSSR count). The molecule has 0 radical (unpaired) electrons. The molecule has 0 aromatic carbocycles. The van der Waals surface area contributed by atoms with Gasteiger partial charge >= 0.3 is 11.9 Å². The van der Waals surface area contributed by atoms with Crippen molar-refractivity contribution < 1.29 is 19.1 Å². The minimum absolute atomic E-state index is 0.294. The topological polar surface area (TPSA) is 65.5 Å². The molecule has 5 nitrogen and oxygen atoms in total. The molecular weight excluding hydrogens is 234 g/mol. The van der Waals surface area contributed by atoms with Crippen molar-refractivity contribution in [3.05, 3.63) is 35.7 Å². The van der Waals surface area contributed by atoms with Gasteiger partial charge in [0.05, 0.1) is 18.8 Å². The summed E-state index contributed by atoms with van der Waals surface area (Å²) in [5.41, 5.74) is 0.886. The Morgan fingerprint density at radius 2 is 2.00 bits per heavy atom.